The lowest BCUT2D eigenvalue weighted by Crippen LogP contribution is -2.54. The van der Waals surface area contributed by atoms with Crippen molar-refractivity contribution in [1.29, 1.82) is 0 Å². The molecule has 7 nitrogen and oxygen atoms in total. The lowest BCUT2D eigenvalue weighted by Gasteiger charge is -2.33. The van der Waals surface area contributed by atoms with Crippen LogP contribution < -0.4 is 20.6 Å². The van der Waals surface area contributed by atoms with Gasteiger partial charge in [-0.1, -0.05) is 45.9 Å². The monoisotopic (exact) mass is 484 g/mol. The number of ether oxygens (including phenoxy) is 1. The van der Waals surface area contributed by atoms with Gasteiger partial charge >= 0.3 is 0 Å². The van der Waals surface area contributed by atoms with E-state index in [0.717, 1.165) is 4.47 Å². The van der Waals surface area contributed by atoms with E-state index in [9.17, 15) is 9.59 Å². The summed E-state index contributed by atoms with van der Waals surface area (Å²) in [5.41, 5.74) is 0.646. The summed E-state index contributed by atoms with van der Waals surface area (Å²) in [7, 11) is 1.50. The lowest BCUT2D eigenvalue weighted by molar-refractivity contribution is -0.115. The molecule has 2 aromatic rings. The number of carbonyl (C=O) groups excluding carboxylic acids is 2. The Morgan fingerprint density at radius 1 is 1.37 bits per heavy atom. The maximum Gasteiger partial charge on any atom is 0.276 e. The van der Waals surface area contributed by atoms with Crippen LogP contribution in [-0.4, -0.2) is 40.9 Å². The number of Topliss-reactive ketones (excluding diaryl/α,β-unsaturated/α-hetero) is 1. The maximum absolute atomic E-state index is 13.5. The Bertz CT molecular complexity index is 1210. The van der Waals surface area contributed by atoms with Crippen molar-refractivity contribution in [3.8, 4) is 5.75 Å². The van der Waals surface area contributed by atoms with E-state index in [1.807, 2.05) is 6.07 Å². The molecule has 1 amide bonds. The molecule has 0 saturated carbocycles. The molecule has 0 saturated heterocycles. The number of halogens is 1. The van der Waals surface area contributed by atoms with Gasteiger partial charge in [-0.25, -0.2) is 10.0 Å². The highest BCUT2D eigenvalue weighted by molar-refractivity contribution is 9.10. The van der Waals surface area contributed by atoms with E-state index in [-0.39, 0.29) is 17.4 Å². The van der Waals surface area contributed by atoms with Crippen molar-refractivity contribution in [1.82, 2.24) is 10.3 Å². The molecule has 0 spiro atoms. The van der Waals surface area contributed by atoms with E-state index >= 15 is 0 Å². The Kier molecular flexibility index (Phi) is 5.74. The van der Waals surface area contributed by atoms with E-state index in [4.69, 9.17) is 4.74 Å². The number of hydrogen-bond acceptors (Lipinski definition) is 7. The molecule has 4 rings (SSSR count). The van der Waals surface area contributed by atoms with Crippen molar-refractivity contribution >= 4 is 50.2 Å². The number of para-hydroxylation sites is 1. The van der Waals surface area contributed by atoms with Crippen molar-refractivity contribution in [3.05, 3.63) is 75.7 Å². The van der Waals surface area contributed by atoms with Crippen LogP contribution in [0.3, 0.4) is 0 Å². The Morgan fingerprint density at radius 3 is 2.93 bits per heavy atom. The molecule has 2 heterocycles. The average molecular weight is 485 g/mol. The van der Waals surface area contributed by atoms with Crippen molar-refractivity contribution in [2.45, 2.75) is 6.17 Å². The van der Waals surface area contributed by atoms with Gasteiger partial charge in [-0.05, 0) is 30.3 Å². The number of benzene rings is 2. The minimum Gasteiger partial charge on any atom is -0.496 e. The number of amidine groups is 1. The second-order valence-electron chi connectivity index (χ2n) is 6.38. The summed E-state index contributed by atoms with van der Waals surface area (Å²) in [6.45, 7) is 3.69. The third-order valence-corrected chi connectivity index (χ3v) is 5.87. The highest BCUT2D eigenvalue weighted by Crippen LogP contribution is 2.26. The van der Waals surface area contributed by atoms with Gasteiger partial charge in [0.25, 0.3) is 5.91 Å². The molecule has 2 aliphatic heterocycles. The molecule has 9 heteroatoms. The number of nitrogens with one attached hydrogen (secondary N) is 1. The fourth-order valence-electron chi connectivity index (χ4n) is 3.21. The zero-order chi connectivity index (χ0) is 21.3. The second-order valence-corrected chi connectivity index (χ2v) is 8.31. The zero-order valence-corrected chi connectivity index (χ0v) is 18.4. The number of thioether (sulfide) groups is 1. The molecule has 1 N–H and O–H groups in total. The highest BCUT2D eigenvalue weighted by Gasteiger charge is 2.38. The van der Waals surface area contributed by atoms with E-state index < -0.39 is 6.17 Å². The highest BCUT2D eigenvalue weighted by atomic mass is 79.9. The third kappa shape index (κ3) is 3.66. The molecule has 0 aliphatic carbocycles. The topological polar surface area (TPSA) is 83.4 Å². The first-order valence-electron chi connectivity index (χ1n) is 9.01. The van der Waals surface area contributed by atoms with Gasteiger partial charge in [0.1, 0.15) is 11.4 Å². The van der Waals surface area contributed by atoms with E-state index in [1.165, 1.54) is 23.9 Å². The Hall–Kier alpha value is -2.91. The summed E-state index contributed by atoms with van der Waals surface area (Å²) in [6, 6.07) is 12.3. The second kappa shape index (κ2) is 8.45. The third-order valence-electron chi connectivity index (χ3n) is 4.51. The molecule has 0 fully saturated rings. The number of hydrazone groups is 1. The van der Waals surface area contributed by atoms with Gasteiger partial charge in [0, 0.05) is 15.4 Å². The van der Waals surface area contributed by atoms with Crippen LogP contribution >= 0.6 is 27.7 Å². The number of amides is 1. The number of carbonyl (C=O) groups is 2. The number of rotatable bonds is 5. The Labute approximate surface area is 185 Å². The lowest BCUT2D eigenvalue weighted by atomic mass is 10.0. The van der Waals surface area contributed by atoms with Crippen LogP contribution in [0.15, 0.2) is 69.7 Å². The van der Waals surface area contributed by atoms with E-state index in [1.54, 1.807) is 42.5 Å². The Balaban J connectivity index is 1.90. The molecule has 1 unspecified atom stereocenters. The number of nitrogens with zero attached hydrogens (tertiary/aromatic N) is 3. The predicted molar refractivity (Wildman–Crippen MR) is 120 cm³/mol. The SMILES string of the molecule is C=CCSC1=NN2C(=c3cc(Br)ccc3=NC2C(=O)c2ccccc2OC)C(=O)N1. The molecule has 0 aromatic heterocycles. The Morgan fingerprint density at radius 2 is 2.17 bits per heavy atom. The molecule has 0 radical (unpaired) electrons. The summed E-state index contributed by atoms with van der Waals surface area (Å²) < 4.78 is 6.14. The first-order valence-corrected chi connectivity index (χ1v) is 10.8. The quantitative estimate of drug-likeness (QED) is 0.518. The van der Waals surface area contributed by atoms with Crippen molar-refractivity contribution < 1.29 is 14.3 Å². The summed E-state index contributed by atoms with van der Waals surface area (Å²) in [6.07, 6.45) is 0.679. The fraction of sp³-hybridized carbons (Fsp3) is 0.143. The zero-order valence-electron chi connectivity index (χ0n) is 16.0. The van der Waals surface area contributed by atoms with Gasteiger partial charge in [0.05, 0.1) is 18.0 Å². The van der Waals surface area contributed by atoms with Crippen LogP contribution in [0.1, 0.15) is 10.4 Å². The molecule has 2 aromatic carbocycles. The first kappa shape index (κ1) is 20.4. The van der Waals surface area contributed by atoms with E-state index in [2.05, 4.69) is 37.9 Å². The minimum atomic E-state index is -1.03. The van der Waals surface area contributed by atoms with Gasteiger partial charge in [-0.2, -0.15) is 0 Å². The van der Waals surface area contributed by atoms with Crippen LogP contribution in [0, 0.1) is 0 Å². The van der Waals surface area contributed by atoms with Crippen molar-refractivity contribution in [2.24, 2.45) is 10.1 Å². The van der Waals surface area contributed by atoms with Crippen LogP contribution in [0.2, 0.25) is 0 Å². The largest absolute Gasteiger partial charge is 0.496 e. The first-order chi connectivity index (χ1) is 14.5. The van der Waals surface area contributed by atoms with Crippen LogP contribution in [0.25, 0.3) is 5.70 Å². The summed E-state index contributed by atoms with van der Waals surface area (Å²) in [5.74, 6) is 0.341. The van der Waals surface area contributed by atoms with Gasteiger partial charge in [-0.3, -0.25) is 14.9 Å². The molecule has 1 atom stereocenters. The van der Waals surface area contributed by atoms with Gasteiger partial charge in [0.15, 0.2) is 5.17 Å². The van der Waals surface area contributed by atoms with Crippen molar-refractivity contribution in [2.75, 3.05) is 12.9 Å². The fourth-order valence-corrected chi connectivity index (χ4v) is 4.16. The average Bonchev–Trinajstić information content (AvgIpc) is 2.76. The molecule has 2 aliphatic rings. The van der Waals surface area contributed by atoms with Gasteiger partial charge in [-0.15, -0.1) is 11.7 Å². The summed E-state index contributed by atoms with van der Waals surface area (Å²) >= 11 is 4.75. The number of ketones is 1. The van der Waals surface area contributed by atoms with Crippen LogP contribution in [0.5, 0.6) is 5.75 Å². The predicted octanol–water partition coefficient (Wildman–Crippen LogP) is 2.03. The van der Waals surface area contributed by atoms with Gasteiger partial charge < -0.3 is 4.74 Å². The standard InChI is InChI=1S/C21H17BrN4O3S/c1-3-10-30-21-24-20(28)17-14-11-12(22)8-9-15(14)23-19(26(17)25-21)18(27)13-6-4-5-7-16(13)29-2/h3-9,11,19H,1,10H2,2H3,(H,24,25,28). The molecular weight excluding hydrogens is 468 g/mol. The van der Waals surface area contributed by atoms with Crippen molar-refractivity contribution in [3.63, 3.8) is 0 Å². The molecular formula is C21H17BrN4O3S. The maximum atomic E-state index is 13.5. The number of methoxy groups -OCH3 is 1. The number of fused-ring (bicyclic) bond motifs is 2. The molecule has 30 heavy (non-hydrogen) atoms. The molecule has 0 bridgehead atoms. The number of hydrogen-bond donors (Lipinski definition) is 1. The summed E-state index contributed by atoms with van der Waals surface area (Å²) in [5, 5.41) is 10.2. The normalized spacial score (nSPS) is 17.2. The van der Waals surface area contributed by atoms with E-state index in [0.29, 0.717) is 32.8 Å². The van der Waals surface area contributed by atoms with Gasteiger partial charge in [0.2, 0.25) is 11.9 Å². The summed E-state index contributed by atoms with van der Waals surface area (Å²) in [4.78, 5) is 31.1. The van der Waals surface area contributed by atoms with Crippen LogP contribution in [0.4, 0.5) is 0 Å². The molecule has 152 valence electrons. The smallest absolute Gasteiger partial charge is 0.276 e. The minimum absolute atomic E-state index is 0.275. The van der Waals surface area contributed by atoms with Crippen LogP contribution in [-0.2, 0) is 4.79 Å².